The van der Waals surface area contributed by atoms with Crippen molar-refractivity contribution in [2.75, 3.05) is 38.1 Å². The zero-order valence-electron chi connectivity index (χ0n) is 15.5. The van der Waals surface area contributed by atoms with Crippen molar-refractivity contribution in [1.29, 1.82) is 0 Å². The van der Waals surface area contributed by atoms with E-state index in [0.717, 1.165) is 39.1 Å². The minimum Gasteiger partial charge on any atom is -0.371 e. The molecule has 4 heteroatoms. The lowest BCUT2D eigenvalue weighted by atomic mass is 10.1. The molecule has 1 amide bonds. The molecule has 26 heavy (non-hydrogen) atoms. The highest BCUT2D eigenvalue weighted by Crippen LogP contribution is 2.25. The Bertz CT molecular complexity index is 736. The number of anilines is 1. The molecule has 2 aliphatic heterocycles. The maximum Gasteiger partial charge on any atom is 0.236 e. The molecule has 1 atom stereocenters. The van der Waals surface area contributed by atoms with Gasteiger partial charge in [0.15, 0.2) is 0 Å². The van der Waals surface area contributed by atoms with Crippen molar-refractivity contribution in [3.05, 3.63) is 65.7 Å². The summed E-state index contributed by atoms with van der Waals surface area (Å²) in [4.78, 5) is 19.3. The van der Waals surface area contributed by atoms with E-state index in [1.807, 2.05) is 11.9 Å². The predicted octanol–water partition coefficient (Wildman–Crippen LogP) is 2.99. The monoisotopic (exact) mass is 349 g/mol. The van der Waals surface area contributed by atoms with Crippen LogP contribution in [0.3, 0.4) is 0 Å². The lowest BCUT2D eigenvalue weighted by molar-refractivity contribution is -0.131. The number of carbonyl (C=O) groups excluding carboxylic acids is 1. The molecule has 0 aromatic heterocycles. The fraction of sp³-hybridized carbons (Fsp3) is 0.409. The van der Waals surface area contributed by atoms with Crippen molar-refractivity contribution in [2.24, 2.45) is 5.92 Å². The number of para-hydroxylation sites is 1. The van der Waals surface area contributed by atoms with Gasteiger partial charge in [-0.2, -0.15) is 0 Å². The first-order valence-electron chi connectivity index (χ1n) is 9.52. The molecule has 2 aromatic carbocycles. The highest BCUT2D eigenvalue weighted by molar-refractivity contribution is 5.78. The van der Waals surface area contributed by atoms with Gasteiger partial charge < -0.3 is 9.80 Å². The molecule has 0 N–H and O–H groups in total. The summed E-state index contributed by atoms with van der Waals surface area (Å²) in [5.74, 6) is 0.788. The summed E-state index contributed by atoms with van der Waals surface area (Å²) in [5.41, 5.74) is 4.01. The van der Waals surface area contributed by atoms with E-state index in [9.17, 15) is 4.79 Å². The summed E-state index contributed by atoms with van der Waals surface area (Å²) < 4.78 is 0. The van der Waals surface area contributed by atoms with Crippen LogP contribution in [0.4, 0.5) is 5.69 Å². The van der Waals surface area contributed by atoms with Gasteiger partial charge in [0.25, 0.3) is 0 Å². The molecule has 136 valence electrons. The molecule has 0 spiro atoms. The second-order valence-electron chi connectivity index (χ2n) is 7.62. The van der Waals surface area contributed by atoms with E-state index in [4.69, 9.17) is 0 Å². The summed E-state index contributed by atoms with van der Waals surface area (Å²) in [5, 5.41) is 0. The maximum absolute atomic E-state index is 12.7. The molecule has 2 aromatic rings. The molecule has 0 aliphatic carbocycles. The van der Waals surface area contributed by atoms with Gasteiger partial charge in [-0.25, -0.2) is 0 Å². The molecule has 1 fully saturated rings. The second-order valence-corrected chi connectivity index (χ2v) is 7.62. The molecule has 0 bridgehead atoms. The molecule has 1 unspecified atom stereocenters. The Kier molecular flexibility index (Phi) is 4.93. The van der Waals surface area contributed by atoms with Gasteiger partial charge in [-0.1, -0.05) is 42.5 Å². The third-order valence-electron chi connectivity index (χ3n) is 5.63. The number of likely N-dealkylation sites (N-methyl/N-ethyl adjacent to an activating group) is 1. The largest absolute Gasteiger partial charge is 0.371 e. The number of fused-ring (bicyclic) bond motifs is 1. The van der Waals surface area contributed by atoms with Crippen molar-refractivity contribution in [3.8, 4) is 0 Å². The molecule has 4 nitrogen and oxygen atoms in total. The summed E-state index contributed by atoms with van der Waals surface area (Å²) in [6.45, 7) is 5.26. The Morgan fingerprint density at radius 1 is 1.04 bits per heavy atom. The normalized spacial score (nSPS) is 19.6. The Morgan fingerprint density at radius 2 is 1.69 bits per heavy atom. The zero-order valence-corrected chi connectivity index (χ0v) is 15.5. The number of hydrogen-bond donors (Lipinski definition) is 0. The van der Waals surface area contributed by atoms with Crippen LogP contribution in [0.1, 0.15) is 17.5 Å². The number of hydrogen-bond acceptors (Lipinski definition) is 3. The summed E-state index contributed by atoms with van der Waals surface area (Å²) in [7, 11) is 1.96. The van der Waals surface area contributed by atoms with Crippen LogP contribution in [0, 0.1) is 5.92 Å². The van der Waals surface area contributed by atoms with Crippen LogP contribution in [-0.2, 0) is 17.9 Å². The van der Waals surface area contributed by atoms with Crippen molar-refractivity contribution < 1.29 is 4.79 Å². The first-order chi connectivity index (χ1) is 12.7. The summed E-state index contributed by atoms with van der Waals surface area (Å²) in [6, 6.07) is 19.1. The van der Waals surface area contributed by atoms with Gasteiger partial charge in [-0.05, 0) is 35.6 Å². The van der Waals surface area contributed by atoms with Gasteiger partial charge in [0.1, 0.15) is 0 Å². The maximum atomic E-state index is 12.7. The minimum atomic E-state index is 0.232. The minimum absolute atomic E-state index is 0.232. The van der Waals surface area contributed by atoms with Crippen LogP contribution >= 0.6 is 0 Å². The molecular weight excluding hydrogens is 322 g/mol. The van der Waals surface area contributed by atoms with Gasteiger partial charge >= 0.3 is 0 Å². The van der Waals surface area contributed by atoms with E-state index in [0.29, 0.717) is 12.5 Å². The third-order valence-corrected chi connectivity index (χ3v) is 5.63. The third kappa shape index (κ3) is 3.75. The van der Waals surface area contributed by atoms with E-state index < -0.39 is 0 Å². The Balaban J connectivity index is 1.26. The Hall–Kier alpha value is -2.33. The van der Waals surface area contributed by atoms with Gasteiger partial charge in [-0.15, -0.1) is 0 Å². The molecule has 4 rings (SSSR count). The molecule has 2 heterocycles. The molecular formula is C22H27N3O. The molecule has 0 saturated carbocycles. The van der Waals surface area contributed by atoms with Crippen LogP contribution in [0.5, 0.6) is 0 Å². The zero-order chi connectivity index (χ0) is 17.9. The number of benzene rings is 2. The van der Waals surface area contributed by atoms with E-state index in [1.54, 1.807) is 0 Å². The van der Waals surface area contributed by atoms with E-state index in [-0.39, 0.29) is 5.91 Å². The lowest BCUT2D eigenvalue weighted by Gasteiger charge is -2.24. The van der Waals surface area contributed by atoms with Crippen molar-refractivity contribution in [2.45, 2.75) is 19.5 Å². The van der Waals surface area contributed by atoms with Crippen molar-refractivity contribution in [1.82, 2.24) is 9.80 Å². The standard InChI is InChI=1S/C22H27N3O/c1-23(13-18-11-12-25(14-18)21-9-3-2-4-10-21)22(26)17-24-15-19-7-5-6-8-20(19)16-24/h2-10,18H,11-17H2,1H3. The molecule has 0 radical (unpaired) electrons. The van der Waals surface area contributed by atoms with Gasteiger partial charge in [0, 0.05) is 45.5 Å². The fourth-order valence-corrected chi connectivity index (χ4v) is 4.17. The van der Waals surface area contributed by atoms with Gasteiger partial charge in [-0.3, -0.25) is 9.69 Å². The van der Waals surface area contributed by atoms with Crippen LogP contribution in [0.25, 0.3) is 0 Å². The topological polar surface area (TPSA) is 26.8 Å². The lowest BCUT2D eigenvalue weighted by Crippen LogP contribution is -2.39. The number of nitrogens with zero attached hydrogens (tertiary/aromatic N) is 3. The summed E-state index contributed by atoms with van der Waals surface area (Å²) in [6.07, 6.45) is 1.15. The smallest absolute Gasteiger partial charge is 0.236 e. The van der Waals surface area contributed by atoms with Crippen LogP contribution in [0.2, 0.25) is 0 Å². The quantitative estimate of drug-likeness (QED) is 0.830. The SMILES string of the molecule is CN(CC1CCN(c2ccccc2)C1)C(=O)CN1Cc2ccccc2C1. The van der Waals surface area contributed by atoms with Gasteiger partial charge in [0.2, 0.25) is 5.91 Å². The van der Waals surface area contributed by atoms with Crippen LogP contribution < -0.4 is 4.90 Å². The highest BCUT2D eigenvalue weighted by Gasteiger charge is 2.26. The Labute approximate surface area is 156 Å². The van der Waals surface area contributed by atoms with Crippen molar-refractivity contribution in [3.63, 3.8) is 0 Å². The number of rotatable bonds is 5. The van der Waals surface area contributed by atoms with Crippen LogP contribution in [-0.4, -0.2) is 48.9 Å². The second kappa shape index (κ2) is 7.50. The Morgan fingerprint density at radius 3 is 2.38 bits per heavy atom. The highest BCUT2D eigenvalue weighted by atomic mass is 16.2. The van der Waals surface area contributed by atoms with E-state index in [2.05, 4.69) is 64.4 Å². The fourth-order valence-electron chi connectivity index (χ4n) is 4.17. The average molecular weight is 349 g/mol. The van der Waals surface area contributed by atoms with Gasteiger partial charge in [0.05, 0.1) is 6.54 Å². The van der Waals surface area contributed by atoms with E-state index in [1.165, 1.54) is 16.8 Å². The van der Waals surface area contributed by atoms with Crippen LogP contribution in [0.15, 0.2) is 54.6 Å². The average Bonchev–Trinajstić information content (AvgIpc) is 3.28. The molecule has 2 aliphatic rings. The van der Waals surface area contributed by atoms with Crippen molar-refractivity contribution >= 4 is 11.6 Å². The number of carbonyl (C=O) groups is 1. The predicted molar refractivity (Wildman–Crippen MR) is 105 cm³/mol. The first kappa shape index (κ1) is 17.1. The molecule has 1 saturated heterocycles. The first-order valence-corrected chi connectivity index (χ1v) is 9.52. The summed E-state index contributed by atoms with van der Waals surface area (Å²) >= 11 is 0. The van der Waals surface area contributed by atoms with E-state index >= 15 is 0 Å². The number of amides is 1.